The molecule has 11 nitrogen and oxygen atoms in total. The summed E-state index contributed by atoms with van der Waals surface area (Å²) >= 11 is 12.5. The predicted molar refractivity (Wildman–Crippen MR) is 180 cm³/mol. The number of likely N-dealkylation sites (tertiary alicyclic amines) is 1. The van der Waals surface area contributed by atoms with E-state index in [0.717, 1.165) is 0 Å². The number of phenols is 1. The van der Waals surface area contributed by atoms with Crippen molar-refractivity contribution in [2.45, 2.75) is 37.3 Å². The molecule has 3 heterocycles. The Morgan fingerprint density at radius 2 is 1.63 bits per heavy atom. The van der Waals surface area contributed by atoms with Crippen molar-refractivity contribution in [1.82, 2.24) is 14.9 Å². The molecule has 16 heteroatoms. The van der Waals surface area contributed by atoms with Crippen LogP contribution < -0.4 is 14.9 Å². The predicted octanol–water partition coefficient (Wildman–Crippen LogP) is 6.13. The molecular weight excluding hydrogens is 728 g/mol. The van der Waals surface area contributed by atoms with E-state index in [1.165, 1.54) is 31.3 Å². The molecular formula is C36H31Cl2F3N4O7. The monoisotopic (exact) mass is 758 g/mol. The number of carbonyl (C=O) groups is 4. The molecule has 2 aromatic carbocycles. The van der Waals surface area contributed by atoms with E-state index >= 15 is 4.79 Å². The highest BCUT2D eigenvalue weighted by molar-refractivity contribution is 6.33. The fraction of sp³-hybridized carbons (Fsp3) is 0.361. The molecule has 6 atom stereocenters. The number of ether oxygens (including phenoxy) is 2. The number of hydrazine groups is 1. The van der Waals surface area contributed by atoms with Crippen LogP contribution in [-0.2, 0) is 30.8 Å². The molecule has 4 amide bonds. The minimum atomic E-state index is -4.75. The highest BCUT2D eigenvalue weighted by atomic mass is 35.5. The zero-order chi connectivity index (χ0) is 37.4. The van der Waals surface area contributed by atoms with Crippen LogP contribution in [0.1, 0.15) is 42.4 Å². The number of hydrogen-bond acceptors (Lipinski definition) is 9. The molecule has 3 fully saturated rings. The normalized spacial score (nSPS) is 26.9. The average Bonchev–Trinajstić information content (AvgIpc) is 3.49. The number of benzene rings is 2. The van der Waals surface area contributed by atoms with Gasteiger partial charge in [-0.3, -0.25) is 29.5 Å². The van der Waals surface area contributed by atoms with E-state index in [-0.39, 0.29) is 54.3 Å². The second-order valence-corrected chi connectivity index (χ2v) is 14.0. The first-order valence-electron chi connectivity index (χ1n) is 16.3. The van der Waals surface area contributed by atoms with Gasteiger partial charge in [0.2, 0.25) is 17.6 Å². The highest BCUT2D eigenvalue weighted by Gasteiger charge is 2.70. The zero-order valence-electron chi connectivity index (χ0n) is 27.8. The van der Waals surface area contributed by atoms with Gasteiger partial charge in [0, 0.05) is 23.7 Å². The number of alkyl halides is 3. The summed E-state index contributed by atoms with van der Waals surface area (Å²) < 4.78 is 51.3. The molecule has 2 aliphatic heterocycles. The van der Waals surface area contributed by atoms with Crippen molar-refractivity contribution in [1.29, 1.82) is 0 Å². The van der Waals surface area contributed by atoms with Gasteiger partial charge in [-0.2, -0.15) is 18.2 Å². The number of pyridine rings is 1. The number of rotatable bonds is 7. The van der Waals surface area contributed by atoms with Crippen molar-refractivity contribution < 1.29 is 46.9 Å². The van der Waals surface area contributed by atoms with Crippen LogP contribution in [0, 0.1) is 23.7 Å². The van der Waals surface area contributed by atoms with E-state index in [1.807, 2.05) is 6.08 Å². The lowest BCUT2D eigenvalue weighted by molar-refractivity contribution is -0.141. The Morgan fingerprint density at radius 3 is 2.21 bits per heavy atom. The Labute approximate surface area is 305 Å². The first-order valence-corrected chi connectivity index (χ1v) is 17.1. The molecule has 0 bridgehead atoms. The summed E-state index contributed by atoms with van der Waals surface area (Å²) in [4.78, 5) is 62.3. The van der Waals surface area contributed by atoms with Gasteiger partial charge in [0.15, 0.2) is 17.3 Å². The third-order valence-electron chi connectivity index (χ3n) is 10.8. The molecule has 0 radical (unpaired) electrons. The third kappa shape index (κ3) is 5.12. The van der Waals surface area contributed by atoms with Crippen molar-refractivity contribution in [3.63, 3.8) is 0 Å². The maximum Gasteiger partial charge on any atom is 0.417 e. The lowest BCUT2D eigenvalue weighted by atomic mass is 9.49. The highest BCUT2D eigenvalue weighted by Crippen LogP contribution is 2.65. The Hall–Kier alpha value is -4.82. The number of aromatic nitrogens is 1. The summed E-state index contributed by atoms with van der Waals surface area (Å²) in [6.07, 6.45) is -2.22. The van der Waals surface area contributed by atoms with Crippen molar-refractivity contribution in [2.24, 2.45) is 23.7 Å². The molecule has 2 aliphatic carbocycles. The molecule has 2 saturated heterocycles. The second kappa shape index (κ2) is 12.7. The number of fused-ring (bicyclic) bond motifs is 4. The van der Waals surface area contributed by atoms with Gasteiger partial charge in [0.25, 0.3) is 11.8 Å². The van der Waals surface area contributed by atoms with E-state index in [2.05, 4.69) is 10.4 Å². The number of imide groups is 2. The largest absolute Gasteiger partial charge is 0.502 e. The second-order valence-electron chi connectivity index (χ2n) is 13.1. The quantitative estimate of drug-likeness (QED) is 0.215. The Balaban J connectivity index is 1.47. The maximum atomic E-state index is 15.3. The van der Waals surface area contributed by atoms with Crippen LogP contribution in [0.15, 0.2) is 60.3 Å². The van der Waals surface area contributed by atoms with Crippen LogP contribution in [0.3, 0.4) is 0 Å². The summed E-state index contributed by atoms with van der Waals surface area (Å²) in [5, 5.41) is 11.4. The van der Waals surface area contributed by atoms with Crippen LogP contribution in [-0.4, -0.2) is 64.4 Å². The molecule has 4 aliphatic rings. The zero-order valence-corrected chi connectivity index (χ0v) is 29.3. The smallest absolute Gasteiger partial charge is 0.417 e. The summed E-state index contributed by atoms with van der Waals surface area (Å²) in [5.41, 5.74) is 1.07. The van der Waals surface area contributed by atoms with E-state index in [1.54, 1.807) is 31.2 Å². The molecule has 1 aromatic heterocycles. The number of nitrogens with zero attached hydrogens (tertiary/aromatic N) is 3. The molecule has 272 valence electrons. The number of halogens is 5. The van der Waals surface area contributed by atoms with Gasteiger partial charge in [-0.15, -0.1) is 0 Å². The molecule has 0 spiro atoms. The number of phenolic OH excluding ortho intramolecular Hbond substituents is 1. The number of amides is 4. The standard InChI is InChI=1S/C36H31Cl2F3N4O7/c1-4-44-31(47)21-10-9-20-22(27(21)33(44)49)14-23-32(48)45(43-30-24(38)13-18(15-42-30)36(39,40)41)34(50)35(23,17-5-7-19(37)8-6-17)28(20)16-11-25(51-2)29(46)26(12-16)52-3/h5-9,11-13,15,21-23,27-28,46H,4,10,14H2,1-3H3,(H,42,43). The summed E-state index contributed by atoms with van der Waals surface area (Å²) in [6, 6.07) is 10.0. The van der Waals surface area contributed by atoms with Gasteiger partial charge in [-0.05, 0) is 67.1 Å². The van der Waals surface area contributed by atoms with Crippen molar-refractivity contribution in [3.05, 3.63) is 87.0 Å². The SMILES string of the molecule is CCN1C(=O)C2CC=C3C(CC4C(=O)N(Nc5ncc(C(F)(F)F)cc5Cl)C(=O)C4(c4ccc(Cl)cc4)C3c3cc(OC)c(O)c(OC)c3)C2C1=O. The fourth-order valence-corrected chi connectivity index (χ4v) is 8.95. The summed E-state index contributed by atoms with van der Waals surface area (Å²) in [7, 11) is 2.67. The van der Waals surface area contributed by atoms with Crippen LogP contribution in [0.2, 0.25) is 10.0 Å². The Kier molecular flexibility index (Phi) is 8.68. The number of methoxy groups -OCH3 is 2. The van der Waals surface area contributed by atoms with Crippen LogP contribution in [0.25, 0.3) is 0 Å². The average molecular weight is 760 g/mol. The Bertz CT molecular complexity index is 2030. The minimum absolute atomic E-state index is 0.00494. The Morgan fingerprint density at radius 1 is 0.981 bits per heavy atom. The number of anilines is 1. The fourth-order valence-electron chi connectivity index (χ4n) is 8.62. The van der Waals surface area contributed by atoms with Crippen LogP contribution in [0.4, 0.5) is 19.0 Å². The molecule has 1 saturated carbocycles. The lowest BCUT2D eigenvalue weighted by Gasteiger charge is -2.50. The van der Waals surface area contributed by atoms with Crippen molar-refractivity contribution >= 4 is 52.6 Å². The third-order valence-corrected chi connectivity index (χ3v) is 11.3. The molecule has 3 aromatic rings. The summed E-state index contributed by atoms with van der Waals surface area (Å²) in [6.45, 7) is 1.87. The topological polar surface area (TPSA) is 138 Å². The van der Waals surface area contributed by atoms with Crippen LogP contribution in [0.5, 0.6) is 17.2 Å². The number of carbonyl (C=O) groups excluding carboxylic acids is 4. The van der Waals surface area contributed by atoms with Gasteiger partial charge in [-0.1, -0.05) is 47.0 Å². The van der Waals surface area contributed by atoms with E-state index in [4.69, 9.17) is 32.7 Å². The van der Waals surface area contributed by atoms with Gasteiger partial charge >= 0.3 is 6.18 Å². The first-order chi connectivity index (χ1) is 24.7. The lowest BCUT2D eigenvalue weighted by Crippen LogP contribution is -2.53. The number of nitrogens with one attached hydrogen (secondary N) is 1. The van der Waals surface area contributed by atoms with E-state index in [0.29, 0.717) is 39.0 Å². The van der Waals surface area contributed by atoms with Gasteiger partial charge in [0.05, 0.1) is 48.0 Å². The first kappa shape index (κ1) is 35.6. The minimum Gasteiger partial charge on any atom is -0.502 e. The molecule has 7 rings (SSSR count). The van der Waals surface area contributed by atoms with E-state index < -0.39 is 63.6 Å². The van der Waals surface area contributed by atoms with E-state index in [9.17, 15) is 32.7 Å². The summed E-state index contributed by atoms with van der Waals surface area (Å²) in [5.74, 6) is -7.32. The van der Waals surface area contributed by atoms with Gasteiger partial charge < -0.3 is 14.6 Å². The molecule has 2 N–H and O–H groups in total. The van der Waals surface area contributed by atoms with Gasteiger partial charge in [0.1, 0.15) is 0 Å². The number of allylic oxidation sites excluding steroid dienone is 2. The van der Waals surface area contributed by atoms with Gasteiger partial charge in [-0.25, -0.2) is 4.98 Å². The molecule has 52 heavy (non-hydrogen) atoms. The maximum absolute atomic E-state index is 15.3. The van der Waals surface area contributed by atoms with Crippen molar-refractivity contribution in [3.8, 4) is 17.2 Å². The number of hydrogen-bond donors (Lipinski definition) is 2. The number of aromatic hydroxyl groups is 1. The van der Waals surface area contributed by atoms with Crippen molar-refractivity contribution in [2.75, 3.05) is 26.2 Å². The van der Waals surface area contributed by atoms with Crippen LogP contribution >= 0.6 is 23.2 Å². The molecule has 6 unspecified atom stereocenters.